The van der Waals surface area contributed by atoms with Crippen molar-refractivity contribution < 1.29 is 14.6 Å². The Balaban J connectivity index is 2.11. The number of carbonyl (C=O) groups is 1. The summed E-state index contributed by atoms with van der Waals surface area (Å²) in [6.45, 7) is 0.362. The van der Waals surface area contributed by atoms with Gasteiger partial charge in [0.1, 0.15) is 0 Å². The van der Waals surface area contributed by atoms with Crippen molar-refractivity contribution in [2.24, 2.45) is 0 Å². The summed E-state index contributed by atoms with van der Waals surface area (Å²) in [6, 6.07) is 7.24. The number of ether oxygens (including phenoxy) is 1. The molecule has 0 spiro atoms. The number of aliphatic hydroxyl groups is 1. The zero-order valence-electron chi connectivity index (χ0n) is 12.4. The van der Waals surface area contributed by atoms with E-state index in [1.807, 2.05) is 18.2 Å². The first kappa shape index (κ1) is 16.5. The molecule has 1 atom stereocenters. The Morgan fingerprint density at radius 2 is 2.23 bits per heavy atom. The van der Waals surface area contributed by atoms with Gasteiger partial charge in [0.15, 0.2) is 0 Å². The zero-order chi connectivity index (χ0) is 16.1. The van der Waals surface area contributed by atoms with Crippen LogP contribution in [-0.2, 0) is 4.74 Å². The second kappa shape index (κ2) is 7.40. The summed E-state index contributed by atoms with van der Waals surface area (Å²) < 4.78 is 6.40. The number of likely N-dealkylation sites (N-methyl/N-ethyl adjacent to an activating group) is 1. The fourth-order valence-corrected chi connectivity index (χ4v) is 2.29. The maximum Gasteiger partial charge on any atom is 0.256 e. The second-order valence-electron chi connectivity index (χ2n) is 4.92. The van der Waals surface area contributed by atoms with E-state index in [1.165, 1.54) is 18.2 Å². The summed E-state index contributed by atoms with van der Waals surface area (Å²) in [4.78, 5) is 13.7. The van der Waals surface area contributed by atoms with E-state index in [0.717, 1.165) is 0 Å². The first-order chi connectivity index (χ1) is 10.5. The minimum Gasteiger partial charge on any atom is -0.389 e. The lowest BCUT2D eigenvalue weighted by atomic mass is 10.3. The van der Waals surface area contributed by atoms with Gasteiger partial charge in [-0.3, -0.25) is 4.79 Å². The molecular weight excluding hydrogens is 306 g/mol. The molecule has 1 heterocycles. The number of methoxy groups -OCH3 is 1. The van der Waals surface area contributed by atoms with Crippen LogP contribution in [0.25, 0.3) is 5.69 Å². The molecule has 0 aliphatic rings. The van der Waals surface area contributed by atoms with Crippen molar-refractivity contribution in [2.45, 2.75) is 6.10 Å². The Kier molecular flexibility index (Phi) is 5.54. The maximum atomic E-state index is 12.3. The smallest absolute Gasteiger partial charge is 0.256 e. The van der Waals surface area contributed by atoms with Crippen LogP contribution in [0.1, 0.15) is 10.4 Å². The van der Waals surface area contributed by atoms with E-state index in [4.69, 9.17) is 16.3 Å². The minimum atomic E-state index is -0.724. The number of carbonyl (C=O) groups excluding carboxylic acids is 1. The van der Waals surface area contributed by atoms with Crippen molar-refractivity contribution >= 4 is 17.5 Å². The number of rotatable bonds is 6. The van der Waals surface area contributed by atoms with E-state index in [0.29, 0.717) is 16.3 Å². The standard InChI is InChI=1S/C15H18ClN3O3/c1-18(9-12(20)10-22-2)15(21)11-7-17-19(8-11)14-6-4-3-5-13(14)16/h3-8,12,20H,9-10H2,1-2H3. The van der Waals surface area contributed by atoms with Crippen LogP contribution in [0.2, 0.25) is 5.02 Å². The molecule has 2 aromatic rings. The van der Waals surface area contributed by atoms with Gasteiger partial charge in [-0.25, -0.2) is 4.68 Å². The number of hydrogen-bond acceptors (Lipinski definition) is 4. The molecule has 1 aromatic heterocycles. The Bertz CT molecular complexity index is 644. The van der Waals surface area contributed by atoms with Crippen molar-refractivity contribution in [3.63, 3.8) is 0 Å². The average Bonchev–Trinajstić information content (AvgIpc) is 2.96. The van der Waals surface area contributed by atoms with Crippen LogP contribution in [-0.4, -0.2) is 59.1 Å². The highest BCUT2D eigenvalue weighted by Crippen LogP contribution is 2.19. The summed E-state index contributed by atoms with van der Waals surface area (Å²) >= 11 is 6.11. The molecule has 22 heavy (non-hydrogen) atoms. The van der Waals surface area contributed by atoms with Gasteiger partial charge in [-0.15, -0.1) is 0 Å². The zero-order valence-corrected chi connectivity index (χ0v) is 13.2. The summed E-state index contributed by atoms with van der Waals surface area (Å²) in [6.07, 6.45) is 2.37. The molecule has 0 radical (unpaired) electrons. The normalized spacial score (nSPS) is 12.2. The second-order valence-corrected chi connectivity index (χ2v) is 5.33. The van der Waals surface area contributed by atoms with Crippen LogP contribution in [0.4, 0.5) is 0 Å². The molecule has 7 heteroatoms. The Morgan fingerprint density at radius 1 is 1.50 bits per heavy atom. The lowest BCUT2D eigenvalue weighted by molar-refractivity contribution is 0.0380. The van der Waals surface area contributed by atoms with Crippen LogP contribution in [0, 0.1) is 0 Å². The van der Waals surface area contributed by atoms with Crippen LogP contribution in [0.3, 0.4) is 0 Å². The molecule has 1 aromatic carbocycles. The molecule has 1 unspecified atom stereocenters. The molecule has 2 rings (SSSR count). The Morgan fingerprint density at radius 3 is 2.91 bits per heavy atom. The summed E-state index contributed by atoms with van der Waals surface area (Å²) in [5.41, 5.74) is 1.12. The maximum absolute atomic E-state index is 12.3. The molecule has 118 valence electrons. The lowest BCUT2D eigenvalue weighted by Gasteiger charge is -2.19. The van der Waals surface area contributed by atoms with Gasteiger partial charge in [0.05, 0.1) is 35.2 Å². The predicted octanol–water partition coefficient (Wildman–Crippen LogP) is 1.60. The largest absolute Gasteiger partial charge is 0.389 e. The van der Waals surface area contributed by atoms with Crippen molar-refractivity contribution in [1.82, 2.24) is 14.7 Å². The number of aliphatic hydroxyl groups excluding tert-OH is 1. The number of aromatic nitrogens is 2. The van der Waals surface area contributed by atoms with Gasteiger partial charge in [-0.2, -0.15) is 5.10 Å². The fraction of sp³-hybridized carbons (Fsp3) is 0.333. The van der Waals surface area contributed by atoms with Gasteiger partial charge in [-0.05, 0) is 12.1 Å². The van der Waals surface area contributed by atoms with Crippen molar-refractivity contribution in [3.05, 3.63) is 47.2 Å². The van der Waals surface area contributed by atoms with Gasteiger partial charge < -0.3 is 14.7 Å². The number of hydrogen-bond donors (Lipinski definition) is 1. The van der Waals surface area contributed by atoms with E-state index in [2.05, 4.69) is 5.10 Å². The van der Waals surface area contributed by atoms with Gasteiger partial charge >= 0.3 is 0 Å². The molecular formula is C15H18ClN3O3. The van der Waals surface area contributed by atoms with E-state index >= 15 is 0 Å². The molecule has 0 saturated carbocycles. The highest BCUT2D eigenvalue weighted by atomic mass is 35.5. The van der Waals surface area contributed by atoms with Gasteiger partial charge in [0, 0.05) is 26.9 Å². The van der Waals surface area contributed by atoms with Crippen LogP contribution in [0.5, 0.6) is 0 Å². The third-order valence-corrected chi connectivity index (χ3v) is 3.44. The Hall–Kier alpha value is -1.89. The lowest BCUT2D eigenvalue weighted by Crippen LogP contribution is -2.36. The van der Waals surface area contributed by atoms with E-state index in [-0.39, 0.29) is 19.1 Å². The van der Waals surface area contributed by atoms with Crippen molar-refractivity contribution in [1.29, 1.82) is 0 Å². The minimum absolute atomic E-state index is 0.177. The average molecular weight is 324 g/mol. The fourth-order valence-electron chi connectivity index (χ4n) is 2.07. The van der Waals surface area contributed by atoms with E-state index in [1.54, 1.807) is 24.0 Å². The van der Waals surface area contributed by atoms with Crippen LogP contribution < -0.4 is 0 Å². The number of benzene rings is 1. The third-order valence-electron chi connectivity index (χ3n) is 3.12. The van der Waals surface area contributed by atoms with Gasteiger partial charge in [0.2, 0.25) is 0 Å². The monoisotopic (exact) mass is 323 g/mol. The molecule has 0 aliphatic heterocycles. The quantitative estimate of drug-likeness (QED) is 0.877. The first-order valence-electron chi connectivity index (χ1n) is 6.75. The molecule has 0 fully saturated rings. The Labute approximate surface area is 133 Å². The summed E-state index contributed by atoms with van der Waals surface area (Å²) in [5.74, 6) is -0.228. The first-order valence-corrected chi connectivity index (χ1v) is 7.12. The molecule has 0 bridgehead atoms. The molecule has 0 saturated heterocycles. The summed E-state index contributed by atoms with van der Waals surface area (Å²) in [7, 11) is 3.12. The molecule has 1 amide bonds. The highest BCUT2D eigenvalue weighted by Gasteiger charge is 2.17. The molecule has 0 aliphatic carbocycles. The predicted molar refractivity (Wildman–Crippen MR) is 83.4 cm³/mol. The van der Waals surface area contributed by atoms with E-state index in [9.17, 15) is 9.90 Å². The molecule has 6 nitrogen and oxygen atoms in total. The number of nitrogens with zero attached hydrogens (tertiary/aromatic N) is 3. The highest BCUT2D eigenvalue weighted by molar-refractivity contribution is 6.32. The van der Waals surface area contributed by atoms with Crippen molar-refractivity contribution in [2.75, 3.05) is 27.3 Å². The summed E-state index contributed by atoms with van der Waals surface area (Å²) in [5, 5.41) is 14.4. The van der Waals surface area contributed by atoms with Gasteiger partial charge in [-0.1, -0.05) is 23.7 Å². The van der Waals surface area contributed by atoms with Gasteiger partial charge in [0.25, 0.3) is 5.91 Å². The van der Waals surface area contributed by atoms with Crippen LogP contribution in [0.15, 0.2) is 36.7 Å². The molecule has 1 N–H and O–H groups in total. The number of halogens is 1. The SMILES string of the molecule is COCC(O)CN(C)C(=O)c1cnn(-c2ccccc2Cl)c1. The van der Waals surface area contributed by atoms with Crippen molar-refractivity contribution in [3.8, 4) is 5.69 Å². The van der Waals surface area contributed by atoms with E-state index < -0.39 is 6.10 Å². The third kappa shape index (κ3) is 3.85. The topological polar surface area (TPSA) is 67.6 Å². The number of amides is 1. The number of para-hydroxylation sites is 1. The van der Waals surface area contributed by atoms with Crippen LogP contribution >= 0.6 is 11.6 Å².